The van der Waals surface area contributed by atoms with Crippen LogP contribution in [0.15, 0.2) is 35.2 Å². The van der Waals surface area contributed by atoms with Gasteiger partial charge in [-0.3, -0.25) is 4.79 Å². The number of hydrogen-bond donors (Lipinski definition) is 2. The predicted octanol–water partition coefficient (Wildman–Crippen LogP) is 2.86. The van der Waals surface area contributed by atoms with E-state index >= 15 is 0 Å². The van der Waals surface area contributed by atoms with Gasteiger partial charge < -0.3 is 15.2 Å². The number of aliphatic hydroxyl groups excluding tert-OH is 1. The van der Waals surface area contributed by atoms with E-state index < -0.39 is 6.10 Å². The zero-order valence-corrected chi connectivity index (χ0v) is 14.2. The minimum Gasteiger partial charge on any atom is -0.487 e. The Labute approximate surface area is 140 Å². The average molecular weight is 334 g/mol. The maximum atomic E-state index is 12.1. The highest BCUT2D eigenvalue weighted by Gasteiger charge is 2.11. The third-order valence-corrected chi connectivity index (χ3v) is 4.10. The van der Waals surface area contributed by atoms with Crippen LogP contribution in [-0.4, -0.2) is 28.6 Å². The van der Waals surface area contributed by atoms with Crippen LogP contribution in [0, 0.1) is 5.92 Å². The number of carbonyl (C=O) groups is 1. The van der Waals surface area contributed by atoms with Crippen molar-refractivity contribution in [2.24, 2.45) is 5.92 Å². The van der Waals surface area contributed by atoms with Gasteiger partial charge in [-0.2, -0.15) is 0 Å². The number of aromatic nitrogens is 1. The molecule has 1 aromatic carbocycles. The third kappa shape index (κ3) is 5.65. The van der Waals surface area contributed by atoms with Crippen molar-refractivity contribution in [1.29, 1.82) is 0 Å². The van der Waals surface area contributed by atoms with E-state index in [1.165, 1.54) is 11.3 Å². The van der Waals surface area contributed by atoms with Crippen LogP contribution >= 0.6 is 11.3 Å². The minimum absolute atomic E-state index is 0.167. The molecule has 0 bridgehead atoms. The van der Waals surface area contributed by atoms with Crippen molar-refractivity contribution in [2.75, 3.05) is 6.54 Å². The number of aliphatic hydroxyl groups is 1. The molecule has 5 nitrogen and oxygen atoms in total. The van der Waals surface area contributed by atoms with Gasteiger partial charge >= 0.3 is 0 Å². The van der Waals surface area contributed by atoms with Crippen LogP contribution in [0.3, 0.4) is 0 Å². The fourth-order valence-corrected chi connectivity index (χ4v) is 2.51. The van der Waals surface area contributed by atoms with Gasteiger partial charge in [0.25, 0.3) is 5.91 Å². The van der Waals surface area contributed by atoms with Gasteiger partial charge in [-0.05, 0) is 30.5 Å². The molecule has 2 rings (SSSR count). The minimum atomic E-state index is -0.400. The van der Waals surface area contributed by atoms with Crippen LogP contribution in [0.25, 0.3) is 0 Å². The Morgan fingerprint density at radius 3 is 2.96 bits per heavy atom. The topological polar surface area (TPSA) is 71.5 Å². The molecule has 0 radical (unpaired) electrons. The highest BCUT2D eigenvalue weighted by Crippen LogP contribution is 2.15. The quantitative estimate of drug-likeness (QED) is 0.779. The number of nitrogens with zero attached hydrogens (tertiary/aromatic N) is 1. The lowest BCUT2D eigenvalue weighted by molar-refractivity contribution is 0.0919. The van der Waals surface area contributed by atoms with Crippen molar-refractivity contribution in [3.63, 3.8) is 0 Å². The van der Waals surface area contributed by atoms with Gasteiger partial charge in [-0.25, -0.2) is 4.98 Å². The summed E-state index contributed by atoms with van der Waals surface area (Å²) in [5.41, 5.74) is 3.17. The van der Waals surface area contributed by atoms with Gasteiger partial charge in [0.15, 0.2) is 0 Å². The molecule has 0 saturated carbocycles. The van der Waals surface area contributed by atoms with Crippen molar-refractivity contribution in [3.8, 4) is 5.75 Å². The van der Waals surface area contributed by atoms with Crippen LogP contribution in [0.2, 0.25) is 0 Å². The second kappa shape index (κ2) is 8.64. The summed E-state index contributed by atoms with van der Waals surface area (Å²) >= 11 is 1.52. The molecule has 0 fully saturated rings. The molecule has 0 aliphatic heterocycles. The van der Waals surface area contributed by atoms with Gasteiger partial charge in [0, 0.05) is 17.5 Å². The molecular weight excluding hydrogens is 312 g/mol. The average Bonchev–Trinajstić information content (AvgIpc) is 3.06. The smallest absolute Gasteiger partial charge is 0.251 e. The standard InChI is InChI=1S/C17H22N2O3S/c1-12(2)16(20)6-7-18-17(21)13-4-3-5-15(8-13)22-9-14-10-23-11-19-14/h3-5,8,10-12,16,20H,6-7,9H2,1-2H3,(H,18,21). The molecule has 1 aromatic heterocycles. The summed E-state index contributed by atoms with van der Waals surface area (Å²) < 4.78 is 5.64. The summed E-state index contributed by atoms with van der Waals surface area (Å²) in [6, 6.07) is 7.05. The monoisotopic (exact) mass is 334 g/mol. The van der Waals surface area contributed by atoms with Crippen LogP contribution < -0.4 is 10.1 Å². The Bertz CT molecular complexity index is 614. The van der Waals surface area contributed by atoms with E-state index in [1.54, 1.807) is 23.7 Å². The lowest BCUT2D eigenvalue weighted by Crippen LogP contribution is -2.28. The highest BCUT2D eigenvalue weighted by atomic mass is 32.1. The van der Waals surface area contributed by atoms with Gasteiger partial charge in [0.2, 0.25) is 0 Å². The van der Waals surface area contributed by atoms with Crippen molar-refractivity contribution in [3.05, 3.63) is 46.4 Å². The maximum Gasteiger partial charge on any atom is 0.251 e. The summed E-state index contributed by atoms with van der Waals surface area (Å²) in [6.07, 6.45) is 0.145. The summed E-state index contributed by atoms with van der Waals surface area (Å²) in [5.74, 6) is 0.655. The zero-order valence-electron chi connectivity index (χ0n) is 13.4. The van der Waals surface area contributed by atoms with E-state index in [-0.39, 0.29) is 11.8 Å². The number of ether oxygens (including phenoxy) is 1. The molecule has 124 valence electrons. The normalized spacial score (nSPS) is 12.2. The number of rotatable bonds is 8. The van der Waals surface area contributed by atoms with Crippen LogP contribution in [0.4, 0.5) is 0 Å². The predicted molar refractivity (Wildman–Crippen MR) is 90.7 cm³/mol. The van der Waals surface area contributed by atoms with Gasteiger partial charge in [0.1, 0.15) is 12.4 Å². The second-order valence-electron chi connectivity index (χ2n) is 5.65. The summed E-state index contributed by atoms with van der Waals surface area (Å²) in [4.78, 5) is 16.3. The molecule has 0 spiro atoms. The first kappa shape index (κ1) is 17.4. The molecule has 6 heteroatoms. The molecule has 1 amide bonds. The van der Waals surface area contributed by atoms with Crippen molar-refractivity contribution < 1.29 is 14.6 Å². The number of benzene rings is 1. The fourth-order valence-electron chi connectivity index (χ4n) is 1.96. The number of carbonyl (C=O) groups excluding carboxylic acids is 1. The summed E-state index contributed by atoms with van der Waals surface area (Å²) in [6.45, 7) is 4.74. The van der Waals surface area contributed by atoms with Gasteiger partial charge in [0.05, 0.1) is 17.3 Å². The number of amides is 1. The van der Waals surface area contributed by atoms with Gasteiger partial charge in [-0.15, -0.1) is 11.3 Å². The Balaban J connectivity index is 1.84. The van der Waals surface area contributed by atoms with E-state index in [0.29, 0.717) is 30.9 Å². The summed E-state index contributed by atoms with van der Waals surface area (Å²) in [7, 11) is 0. The van der Waals surface area contributed by atoms with Crippen LogP contribution in [0.5, 0.6) is 5.75 Å². The molecule has 2 aromatic rings. The molecule has 23 heavy (non-hydrogen) atoms. The third-order valence-electron chi connectivity index (χ3n) is 3.46. The molecule has 2 N–H and O–H groups in total. The first-order valence-corrected chi connectivity index (χ1v) is 8.56. The zero-order chi connectivity index (χ0) is 16.7. The lowest BCUT2D eigenvalue weighted by atomic mass is 10.0. The molecule has 0 aliphatic rings. The van der Waals surface area contributed by atoms with E-state index in [2.05, 4.69) is 10.3 Å². The number of hydrogen-bond acceptors (Lipinski definition) is 5. The molecule has 0 aliphatic carbocycles. The highest BCUT2D eigenvalue weighted by molar-refractivity contribution is 7.07. The number of thiazole rings is 1. The first-order valence-electron chi connectivity index (χ1n) is 7.62. The van der Waals surface area contributed by atoms with Crippen LogP contribution in [-0.2, 0) is 6.61 Å². The maximum absolute atomic E-state index is 12.1. The Morgan fingerprint density at radius 2 is 2.26 bits per heavy atom. The van der Waals surface area contributed by atoms with E-state index in [4.69, 9.17) is 4.74 Å². The molecule has 0 saturated heterocycles. The molecule has 1 atom stereocenters. The van der Waals surface area contributed by atoms with E-state index in [1.807, 2.05) is 25.3 Å². The summed E-state index contributed by atoms with van der Waals surface area (Å²) in [5, 5.41) is 14.5. The first-order chi connectivity index (χ1) is 11.1. The Hall–Kier alpha value is -1.92. The van der Waals surface area contributed by atoms with Gasteiger partial charge in [-0.1, -0.05) is 19.9 Å². The number of nitrogens with one attached hydrogen (secondary N) is 1. The fraction of sp³-hybridized carbons (Fsp3) is 0.412. The Morgan fingerprint density at radius 1 is 1.43 bits per heavy atom. The Kier molecular flexibility index (Phi) is 6.55. The largest absolute Gasteiger partial charge is 0.487 e. The second-order valence-corrected chi connectivity index (χ2v) is 6.37. The molecular formula is C17H22N2O3S. The molecule has 1 heterocycles. The van der Waals surface area contributed by atoms with E-state index in [9.17, 15) is 9.90 Å². The van der Waals surface area contributed by atoms with E-state index in [0.717, 1.165) is 5.69 Å². The van der Waals surface area contributed by atoms with Crippen LogP contribution in [0.1, 0.15) is 36.3 Å². The lowest BCUT2D eigenvalue weighted by Gasteiger charge is -2.14. The molecule has 1 unspecified atom stereocenters. The SMILES string of the molecule is CC(C)C(O)CCNC(=O)c1cccc(OCc2cscn2)c1. The van der Waals surface area contributed by atoms with Crippen molar-refractivity contribution in [1.82, 2.24) is 10.3 Å². The van der Waals surface area contributed by atoms with Crippen molar-refractivity contribution in [2.45, 2.75) is 33.0 Å². The van der Waals surface area contributed by atoms with Crippen molar-refractivity contribution >= 4 is 17.2 Å².